The molecule has 0 aliphatic carbocycles. The number of rotatable bonds is 5. The molecule has 0 fully saturated rings. The SMILES string of the molecule is CN(C)/N=C/c1ccc(C(=O)C(=O)c2ccccc2)o1. The summed E-state index contributed by atoms with van der Waals surface area (Å²) in [5, 5.41) is 5.59. The summed E-state index contributed by atoms with van der Waals surface area (Å²) in [5.74, 6) is -0.821. The molecule has 0 spiro atoms. The molecule has 102 valence electrons. The van der Waals surface area contributed by atoms with Crippen molar-refractivity contribution in [3.63, 3.8) is 0 Å². The van der Waals surface area contributed by atoms with Crippen molar-refractivity contribution in [2.45, 2.75) is 0 Å². The van der Waals surface area contributed by atoms with Gasteiger partial charge in [-0.3, -0.25) is 9.59 Å². The summed E-state index contributed by atoms with van der Waals surface area (Å²) in [7, 11) is 3.54. The van der Waals surface area contributed by atoms with Gasteiger partial charge in [0.15, 0.2) is 5.76 Å². The van der Waals surface area contributed by atoms with Crippen LogP contribution in [0.15, 0.2) is 52.0 Å². The van der Waals surface area contributed by atoms with E-state index < -0.39 is 11.6 Å². The fourth-order valence-corrected chi connectivity index (χ4v) is 1.55. The largest absolute Gasteiger partial charge is 0.451 e. The van der Waals surface area contributed by atoms with Crippen molar-refractivity contribution in [3.8, 4) is 0 Å². The number of hydrogen-bond acceptors (Lipinski definition) is 5. The Balaban J connectivity index is 2.16. The van der Waals surface area contributed by atoms with Crippen molar-refractivity contribution in [3.05, 3.63) is 59.5 Å². The Morgan fingerprint density at radius 3 is 2.40 bits per heavy atom. The summed E-state index contributed by atoms with van der Waals surface area (Å²) in [6.07, 6.45) is 1.48. The summed E-state index contributed by atoms with van der Waals surface area (Å²) in [4.78, 5) is 24.0. The van der Waals surface area contributed by atoms with Crippen molar-refractivity contribution < 1.29 is 14.0 Å². The molecule has 0 aliphatic heterocycles. The molecule has 20 heavy (non-hydrogen) atoms. The molecule has 1 heterocycles. The highest BCUT2D eigenvalue weighted by molar-refractivity contribution is 6.48. The maximum absolute atomic E-state index is 12.0. The van der Waals surface area contributed by atoms with Gasteiger partial charge < -0.3 is 9.43 Å². The number of hydrazone groups is 1. The molecule has 0 atom stereocenters. The average molecular weight is 270 g/mol. The summed E-state index contributed by atoms with van der Waals surface area (Å²) in [5.41, 5.74) is 0.345. The molecular weight excluding hydrogens is 256 g/mol. The van der Waals surface area contributed by atoms with Crippen LogP contribution >= 0.6 is 0 Å². The van der Waals surface area contributed by atoms with Crippen molar-refractivity contribution in [2.24, 2.45) is 5.10 Å². The number of nitrogens with zero attached hydrogens (tertiary/aromatic N) is 2. The lowest BCUT2D eigenvalue weighted by molar-refractivity contribution is 0.0800. The zero-order chi connectivity index (χ0) is 14.5. The summed E-state index contributed by atoms with van der Waals surface area (Å²) >= 11 is 0. The van der Waals surface area contributed by atoms with E-state index in [1.165, 1.54) is 12.3 Å². The molecule has 0 amide bonds. The van der Waals surface area contributed by atoms with Crippen LogP contribution in [0.1, 0.15) is 26.7 Å². The van der Waals surface area contributed by atoms with Gasteiger partial charge in [-0.1, -0.05) is 30.3 Å². The predicted octanol–water partition coefficient (Wildman–Crippen LogP) is 2.24. The minimum Gasteiger partial charge on any atom is -0.451 e. The second-order valence-electron chi connectivity index (χ2n) is 4.32. The number of Topliss-reactive ketones (excluding diaryl/α,β-unsaturated/α-hetero) is 2. The maximum Gasteiger partial charge on any atom is 0.268 e. The normalized spacial score (nSPS) is 10.7. The second-order valence-corrected chi connectivity index (χ2v) is 4.32. The van der Waals surface area contributed by atoms with E-state index in [0.29, 0.717) is 11.3 Å². The molecular formula is C15H14N2O3. The number of furan rings is 1. The van der Waals surface area contributed by atoms with Crippen molar-refractivity contribution in [1.82, 2.24) is 5.01 Å². The number of benzene rings is 1. The molecule has 1 aromatic heterocycles. The highest BCUT2D eigenvalue weighted by Gasteiger charge is 2.21. The molecule has 0 saturated heterocycles. The fraction of sp³-hybridized carbons (Fsp3) is 0.133. The topological polar surface area (TPSA) is 62.9 Å². The van der Waals surface area contributed by atoms with E-state index in [0.717, 1.165) is 0 Å². The maximum atomic E-state index is 12.0. The number of hydrogen-bond donors (Lipinski definition) is 0. The first-order valence-corrected chi connectivity index (χ1v) is 6.03. The van der Waals surface area contributed by atoms with Crippen molar-refractivity contribution in [1.29, 1.82) is 0 Å². The van der Waals surface area contributed by atoms with Gasteiger partial charge in [-0.25, -0.2) is 0 Å². The van der Waals surface area contributed by atoms with Crippen molar-refractivity contribution >= 4 is 17.8 Å². The Labute approximate surface area is 116 Å². The summed E-state index contributed by atoms with van der Waals surface area (Å²) in [6, 6.07) is 11.5. The third-order valence-corrected chi connectivity index (χ3v) is 2.51. The van der Waals surface area contributed by atoms with Crippen LogP contribution in [0.4, 0.5) is 0 Å². The number of carbonyl (C=O) groups is 2. The van der Waals surface area contributed by atoms with E-state index in [1.807, 2.05) is 0 Å². The van der Waals surface area contributed by atoms with Crippen LogP contribution in [0.25, 0.3) is 0 Å². The van der Waals surface area contributed by atoms with Crippen LogP contribution in [0.5, 0.6) is 0 Å². The highest BCUT2D eigenvalue weighted by Crippen LogP contribution is 2.11. The molecule has 0 unspecified atom stereocenters. The Kier molecular flexibility index (Phi) is 4.10. The average Bonchev–Trinajstić information content (AvgIpc) is 2.93. The zero-order valence-electron chi connectivity index (χ0n) is 11.2. The van der Waals surface area contributed by atoms with Gasteiger partial charge in [-0.05, 0) is 12.1 Å². The predicted molar refractivity (Wildman–Crippen MR) is 75.1 cm³/mol. The van der Waals surface area contributed by atoms with Crippen LogP contribution in [0.2, 0.25) is 0 Å². The summed E-state index contributed by atoms with van der Waals surface area (Å²) < 4.78 is 5.29. The summed E-state index contributed by atoms with van der Waals surface area (Å²) in [6.45, 7) is 0. The lowest BCUT2D eigenvalue weighted by atomic mass is 10.1. The minimum absolute atomic E-state index is 0.0130. The van der Waals surface area contributed by atoms with Gasteiger partial charge in [-0.2, -0.15) is 5.10 Å². The van der Waals surface area contributed by atoms with Gasteiger partial charge in [0.2, 0.25) is 5.78 Å². The van der Waals surface area contributed by atoms with Gasteiger partial charge >= 0.3 is 0 Å². The van der Waals surface area contributed by atoms with Gasteiger partial charge in [-0.15, -0.1) is 0 Å². The van der Waals surface area contributed by atoms with E-state index in [2.05, 4.69) is 5.10 Å². The van der Waals surface area contributed by atoms with Gasteiger partial charge in [0.25, 0.3) is 5.78 Å². The zero-order valence-corrected chi connectivity index (χ0v) is 11.2. The monoisotopic (exact) mass is 270 g/mol. The smallest absolute Gasteiger partial charge is 0.268 e. The van der Waals surface area contributed by atoms with E-state index >= 15 is 0 Å². The number of ketones is 2. The van der Waals surface area contributed by atoms with Crippen LogP contribution in [-0.2, 0) is 0 Å². The molecule has 0 bridgehead atoms. The van der Waals surface area contributed by atoms with E-state index in [1.54, 1.807) is 55.5 Å². The Morgan fingerprint density at radius 1 is 1.05 bits per heavy atom. The first-order valence-electron chi connectivity index (χ1n) is 6.03. The minimum atomic E-state index is -0.666. The molecule has 1 aromatic carbocycles. The third-order valence-electron chi connectivity index (χ3n) is 2.51. The van der Waals surface area contributed by atoms with Gasteiger partial charge in [0.05, 0.1) is 6.21 Å². The molecule has 5 heteroatoms. The molecule has 0 saturated carbocycles. The van der Waals surface area contributed by atoms with E-state index in [9.17, 15) is 9.59 Å². The van der Waals surface area contributed by atoms with Crippen LogP contribution < -0.4 is 0 Å². The molecule has 2 rings (SSSR count). The van der Waals surface area contributed by atoms with Crippen LogP contribution in [0, 0.1) is 0 Å². The lowest BCUT2D eigenvalue weighted by Gasteiger charge is -2.00. The molecule has 0 aliphatic rings. The second kappa shape index (κ2) is 5.97. The third kappa shape index (κ3) is 3.20. The lowest BCUT2D eigenvalue weighted by Crippen LogP contribution is -2.13. The standard InChI is InChI=1S/C15H14N2O3/c1-17(2)16-10-12-8-9-13(20-12)15(19)14(18)11-6-4-3-5-7-11/h3-10H,1-2H3/b16-10+. The molecule has 0 radical (unpaired) electrons. The Morgan fingerprint density at radius 2 is 1.75 bits per heavy atom. The highest BCUT2D eigenvalue weighted by atomic mass is 16.3. The molecule has 5 nitrogen and oxygen atoms in total. The van der Waals surface area contributed by atoms with Crippen LogP contribution in [0.3, 0.4) is 0 Å². The van der Waals surface area contributed by atoms with Gasteiger partial charge in [0.1, 0.15) is 5.76 Å². The first-order chi connectivity index (χ1) is 9.58. The van der Waals surface area contributed by atoms with Gasteiger partial charge in [0, 0.05) is 19.7 Å². The quantitative estimate of drug-likeness (QED) is 0.362. The van der Waals surface area contributed by atoms with Crippen molar-refractivity contribution in [2.75, 3.05) is 14.1 Å². The number of carbonyl (C=O) groups excluding carboxylic acids is 2. The van der Waals surface area contributed by atoms with E-state index in [4.69, 9.17) is 4.42 Å². The van der Waals surface area contributed by atoms with E-state index in [-0.39, 0.29) is 5.76 Å². The molecule has 0 N–H and O–H groups in total. The molecule has 2 aromatic rings. The Hall–Kier alpha value is -2.69. The van der Waals surface area contributed by atoms with Crippen LogP contribution in [-0.4, -0.2) is 36.9 Å². The Bertz CT molecular complexity index is 642. The first kappa shape index (κ1) is 13.7. The fourth-order valence-electron chi connectivity index (χ4n) is 1.55.